The molecule has 2 nitrogen and oxygen atoms in total. The van der Waals surface area contributed by atoms with Gasteiger partial charge in [0.1, 0.15) is 0 Å². The molecule has 0 aliphatic heterocycles. The van der Waals surface area contributed by atoms with Gasteiger partial charge in [0.2, 0.25) is 0 Å². The fourth-order valence-electron chi connectivity index (χ4n) is 0.558. The predicted octanol–water partition coefficient (Wildman–Crippen LogP) is -3.46. The third-order valence-corrected chi connectivity index (χ3v) is 2.90. The Hall–Kier alpha value is 0.663. The predicted molar refractivity (Wildman–Crippen MR) is 41.7 cm³/mol. The molecule has 0 bridgehead atoms. The molecule has 0 atom stereocenters. The molecule has 5 heteroatoms. The summed E-state index contributed by atoms with van der Waals surface area (Å²) in [7, 11) is 0. The molecule has 0 radical (unpaired) electrons. The second-order valence-electron chi connectivity index (χ2n) is 2.49. The molecule has 13 heavy (non-hydrogen) atoms. The van der Waals surface area contributed by atoms with Crippen LogP contribution < -0.4 is 9.41 Å². The van der Waals surface area contributed by atoms with Crippen molar-refractivity contribution in [2.24, 2.45) is 0 Å². The maximum Gasteiger partial charge on any atom is -1.00 e. The van der Waals surface area contributed by atoms with Crippen LogP contribution in [0.5, 0.6) is 0 Å². The molecule has 0 fully saturated rings. The molecule has 0 unspecified atom stereocenters. The van der Waals surface area contributed by atoms with Crippen LogP contribution in [0.2, 0.25) is 0 Å². The minimum Gasteiger partial charge on any atom is -1.00 e. The minimum absolute atomic E-state index is 0. The summed E-state index contributed by atoms with van der Waals surface area (Å²) < 4.78 is 10.7. The number of halogens is 2. The van der Waals surface area contributed by atoms with Gasteiger partial charge in [-0.25, -0.2) is 0 Å². The number of hydrogen-bond acceptors (Lipinski definition) is 2. The van der Waals surface area contributed by atoms with Crippen LogP contribution in [0.15, 0.2) is 0 Å². The van der Waals surface area contributed by atoms with E-state index in [2.05, 4.69) is 13.8 Å². The largest absolute Gasteiger partial charge is 1.00 e. The normalized spacial score (nSPS) is 8.15. The molecule has 0 aliphatic carbocycles. The summed E-state index contributed by atoms with van der Waals surface area (Å²) in [5, 5.41) is 0. The Morgan fingerprint density at radius 2 is 1.23 bits per heavy atom. The summed E-state index contributed by atoms with van der Waals surface area (Å²) >= 11 is -0.876. The number of unbranched alkanes of at least 4 members (excludes halogenated alkanes) is 2. The van der Waals surface area contributed by atoms with E-state index < -0.39 is 24.1 Å². The molecular formula is C8H18F2O2Zr. The van der Waals surface area contributed by atoms with Crippen molar-refractivity contribution in [3.05, 3.63) is 0 Å². The standard InChI is InChI=1S/2C4H9O.2FH.Zr/c2*1-2-3-4-5;;;/h2*2-4H2,1H3;2*1H;/q2*-1;;;+4/p-2. The molecule has 0 aromatic rings. The van der Waals surface area contributed by atoms with Gasteiger partial charge in [-0.3, -0.25) is 0 Å². The van der Waals surface area contributed by atoms with E-state index in [0.29, 0.717) is 0 Å². The first-order chi connectivity index (χ1) is 5.41. The van der Waals surface area contributed by atoms with Crippen molar-refractivity contribution in [3.63, 3.8) is 0 Å². The van der Waals surface area contributed by atoms with E-state index in [1.165, 1.54) is 25.7 Å². The first kappa shape index (κ1) is 19.3. The fourth-order valence-corrected chi connectivity index (χ4v) is 1.88. The van der Waals surface area contributed by atoms with Gasteiger partial charge in [-0.1, -0.05) is 0 Å². The van der Waals surface area contributed by atoms with Crippen molar-refractivity contribution in [3.8, 4) is 0 Å². The monoisotopic (exact) mass is 274 g/mol. The second-order valence-corrected chi connectivity index (χ2v) is 4.32. The van der Waals surface area contributed by atoms with Gasteiger partial charge in [-0.15, -0.1) is 0 Å². The van der Waals surface area contributed by atoms with E-state index in [1.54, 1.807) is 0 Å². The van der Waals surface area contributed by atoms with Crippen LogP contribution in [0.1, 0.15) is 39.5 Å². The average Bonchev–Trinajstić information content (AvgIpc) is 2.03. The third-order valence-electron chi connectivity index (χ3n) is 1.32. The Morgan fingerprint density at radius 3 is 1.54 bits per heavy atom. The van der Waals surface area contributed by atoms with E-state index in [-0.39, 0.29) is 9.41 Å². The van der Waals surface area contributed by atoms with Gasteiger partial charge in [-0.2, -0.15) is 0 Å². The Bertz CT molecular complexity index is 69.2. The van der Waals surface area contributed by atoms with E-state index in [1.807, 2.05) is 0 Å². The molecule has 0 aromatic carbocycles. The average molecular weight is 275 g/mol. The van der Waals surface area contributed by atoms with Crippen LogP contribution >= 0.6 is 0 Å². The van der Waals surface area contributed by atoms with Crippen molar-refractivity contribution in [1.29, 1.82) is 0 Å². The Balaban J connectivity index is -0.000000500. The molecule has 0 N–H and O–H groups in total. The van der Waals surface area contributed by atoms with Gasteiger partial charge in [0.25, 0.3) is 0 Å². The molecule has 0 aromatic heterocycles. The van der Waals surface area contributed by atoms with Crippen molar-refractivity contribution < 1.29 is 39.2 Å². The minimum atomic E-state index is -0.876. The van der Waals surface area contributed by atoms with Gasteiger partial charge < -0.3 is 9.41 Å². The number of hydrogen-bond donors (Lipinski definition) is 0. The summed E-state index contributed by atoms with van der Waals surface area (Å²) in [6, 6.07) is 0. The van der Waals surface area contributed by atoms with Gasteiger partial charge in [0.05, 0.1) is 0 Å². The molecular weight excluding hydrogens is 257 g/mol. The van der Waals surface area contributed by atoms with Gasteiger partial charge in [-0.05, 0) is 0 Å². The fraction of sp³-hybridized carbons (Fsp3) is 1.00. The Morgan fingerprint density at radius 1 is 0.846 bits per heavy atom. The van der Waals surface area contributed by atoms with Crippen LogP contribution in [0, 0.1) is 0 Å². The molecule has 80 valence electrons. The zero-order valence-corrected chi connectivity index (χ0v) is 10.8. The van der Waals surface area contributed by atoms with Crippen LogP contribution in [-0.2, 0) is 29.7 Å². The molecule has 0 saturated heterocycles. The van der Waals surface area contributed by atoms with Crippen LogP contribution in [0.25, 0.3) is 0 Å². The summed E-state index contributed by atoms with van der Waals surface area (Å²) in [4.78, 5) is 0. The third kappa shape index (κ3) is 19.2. The van der Waals surface area contributed by atoms with Crippen LogP contribution in [-0.4, -0.2) is 13.2 Å². The quantitative estimate of drug-likeness (QED) is 0.429. The second kappa shape index (κ2) is 18.4. The maximum atomic E-state index is 5.37. The van der Waals surface area contributed by atoms with E-state index in [9.17, 15) is 0 Å². The van der Waals surface area contributed by atoms with Gasteiger partial charge in [0.15, 0.2) is 0 Å². The zero-order chi connectivity index (χ0) is 8.36. The van der Waals surface area contributed by atoms with Crippen LogP contribution in [0.3, 0.4) is 0 Å². The summed E-state index contributed by atoms with van der Waals surface area (Å²) in [6.07, 6.45) is 4.79. The maximum absolute atomic E-state index is 5.37. The first-order valence-electron chi connectivity index (χ1n) is 4.40. The van der Waals surface area contributed by atoms with E-state index in [4.69, 9.17) is 5.63 Å². The Labute approximate surface area is 91.9 Å². The molecule has 0 rings (SSSR count). The molecule has 0 aliphatic rings. The van der Waals surface area contributed by atoms with Crippen LogP contribution in [0.4, 0.5) is 0 Å². The SMILES string of the molecule is CCCC[O][Zr+2][O]CCCC.[F-].[F-]. The first-order valence-corrected chi connectivity index (χ1v) is 6.41. The van der Waals surface area contributed by atoms with Gasteiger partial charge in [0, 0.05) is 0 Å². The zero-order valence-electron chi connectivity index (χ0n) is 8.32. The Kier molecular flexibility index (Phi) is 27.3. The van der Waals surface area contributed by atoms with Gasteiger partial charge >= 0.3 is 82.5 Å². The van der Waals surface area contributed by atoms with Crippen molar-refractivity contribution in [2.75, 3.05) is 13.2 Å². The summed E-state index contributed by atoms with van der Waals surface area (Å²) in [5.74, 6) is 0. The van der Waals surface area contributed by atoms with Crippen molar-refractivity contribution in [1.82, 2.24) is 0 Å². The number of rotatable bonds is 8. The summed E-state index contributed by atoms with van der Waals surface area (Å²) in [5.41, 5.74) is 0. The molecule has 0 amide bonds. The molecule has 0 saturated carbocycles. The summed E-state index contributed by atoms with van der Waals surface area (Å²) in [6.45, 7) is 6.17. The van der Waals surface area contributed by atoms with Crippen molar-refractivity contribution in [2.45, 2.75) is 39.5 Å². The molecule has 0 heterocycles. The topological polar surface area (TPSA) is 18.5 Å². The van der Waals surface area contributed by atoms with E-state index >= 15 is 0 Å². The van der Waals surface area contributed by atoms with Crippen molar-refractivity contribution >= 4 is 0 Å². The smallest absolute Gasteiger partial charge is 1.00 e. The molecule has 0 spiro atoms. The van der Waals surface area contributed by atoms with E-state index in [0.717, 1.165) is 13.2 Å².